The summed E-state index contributed by atoms with van der Waals surface area (Å²) in [5, 5.41) is 7.48. The van der Waals surface area contributed by atoms with E-state index < -0.39 is 0 Å². The van der Waals surface area contributed by atoms with E-state index >= 15 is 0 Å². The number of nitrogens with one attached hydrogen (secondary N) is 1. The Labute approximate surface area is 99.4 Å². The quantitative estimate of drug-likeness (QED) is 0.644. The van der Waals surface area contributed by atoms with E-state index in [4.69, 9.17) is 4.74 Å². The molecule has 1 N–H and O–H groups in total. The summed E-state index contributed by atoms with van der Waals surface area (Å²) in [6.07, 6.45) is 0. The lowest BCUT2D eigenvalue weighted by Crippen LogP contribution is -2.13. The van der Waals surface area contributed by atoms with Gasteiger partial charge in [0.2, 0.25) is 5.16 Å². The Bertz CT molecular complexity index is 357. The molecule has 5 nitrogen and oxygen atoms in total. The summed E-state index contributed by atoms with van der Waals surface area (Å²) in [6.45, 7) is 8.33. The summed E-state index contributed by atoms with van der Waals surface area (Å²) in [6, 6.07) is 0. The Hall–Kier alpha value is -1.04. The van der Waals surface area contributed by atoms with Crippen LogP contribution in [0.3, 0.4) is 0 Å². The molecule has 0 aliphatic rings. The number of carbonyl (C=O) groups excluding carboxylic acids is 1. The van der Waals surface area contributed by atoms with Crippen molar-refractivity contribution in [2.75, 3.05) is 12.4 Å². The van der Waals surface area contributed by atoms with Crippen LogP contribution in [0.25, 0.3) is 0 Å². The van der Waals surface area contributed by atoms with Crippen molar-refractivity contribution >= 4 is 17.7 Å². The molecule has 0 aliphatic carbocycles. The Kier molecular flexibility index (Phi) is 4.35. The molecule has 0 aromatic carbocycles. The van der Waals surface area contributed by atoms with Crippen LogP contribution in [-0.2, 0) is 14.9 Å². The SMILES string of the molecule is CCOC(=O)CSc1n[nH]c(C(C)(C)C)n1. The van der Waals surface area contributed by atoms with Crippen LogP contribution in [0, 0.1) is 0 Å². The molecule has 1 aromatic heterocycles. The predicted octanol–water partition coefficient (Wildman–Crippen LogP) is 1.76. The van der Waals surface area contributed by atoms with Crippen molar-refractivity contribution < 1.29 is 9.53 Å². The first-order chi connectivity index (χ1) is 7.43. The Morgan fingerprint density at radius 3 is 2.69 bits per heavy atom. The minimum atomic E-state index is -0.241. The monoisotopic (exact) mass is 243 g/mol. The van der Waals surface area contributed by atoms with Gasteiger partial charge in [0.25, 0.3) is 0 Å². The van der Waals surface area contributed by atoms with Crippen molar-refractivity contribution in [2.24, 2.45) is 0 Å². The molecule has 0 saturated heterocycles. The fraction of sp³-hybridized carbons (Fsp3) is 0.700. The van der Waals surface area contributed by atoms with Gasteiger partial charge in [-0.2, -0.15) is 0 Å². The van der Waals surface area contributed by atoms with Crippen molar-refractivity contribution in [2.45, 2.75) is 38.3 Å². The highest BCUT2D eigenvalue weighted by Gasteiger charge is 2.19. The van der Waals surface area contributed by atoms with Gasteiger partial charge in [-0.05, 0) is 6.92 Å². The number of thioether (sulfide) groups is 1. The molecule has 90 valence electrons. The van der Waals surface area contributed by atoms with E-state index in [-0.39, 0.29) is 17.1 Å². The molecule has 1 aromatic rings. The second-order valence-electron chi connectivity index (χ2n) is 4.31. The zero-order valence-corrected chi connectivity index (χ0v) is 10.8. The van der Waals surface area contributed by atoms with Crippen molar-refractivity contribution in [1.82, 2.24) is 15.2 Å². The van der Waals surface area contributed by atoms with Crippen LogP contribution >= 0.6 is 11.8 Å². The third-order valence-corrected chi connectivity index (χ3v) is 2.62. The Morgan fingerprint density at radius 1 is 1.50 bits per heavy atom. The summed E-state index contributed by atoms with van der Waals surface area (Å²) in [7, 11) is 0. The summed E-state index contributed by atoms with van der Waals surface area (Å²) in [5.41, 5.74) is -0.0598. The normalized spacial score (nSPS) is 11.5. The highest BCUT2D eigenvalue weighted by Crippen LogP contribution is 2.20. The summed E-state index contributed by atoms with van der Waals surface area (Å²) in [4.78, 5) is 15.4. The Balaban J connectivity index is 2.50. The number of ether oxygens (including phenoxy) is 1. The zero-order chi connectivity index (χ0) is 12.2. The molecule has 0 spiro atoms. The number of carbonyl (C=O) groups is 1. The van der Waals surface area contributed by atoms with E-state index in [9.17, 15) is 4.79 Å². The third-order valence-electron chi connectivity index (χ3n) is 1.80. The zero-order valence-electron chi connectivity index (χ0n) is 10.0. The minimum Gasteiger partial charge on any atom is -0.465 e. The number of hydrogen-bond donors (Lipinski definition) is 1. The number of hydrogen-bond acceptors (Lipinski definition) is 5. The maximum atomic E-state index is 11.1. The number of aromatic nitrogens is 3. The molecule has 0 amide bonds. The number of H-pyrrole nitrogens is 1. The van der Waals surface area contributed by atoms with E-state index in [0.29, 0.717) is 11.8 Å². The second kappa shape index (κ2) is 5.34. The molecule has 16 heavy (non-hydrogen) atoms. The van der Waals surface area contributed by atoms with Crippen LogP contribution < -0.4 is 0 Å². The molecule has 1 heterocycles. The minimum absolute atomic E-state index is 0.0598. The second-order valence-corrected chi connectivity index (χ2v) is 5.25. The van der Waals surface area contributed by atoms with E-state index in [2.05, 4.69) is 15.2 Å². The topological polar surface area (TPSA) is 67.9 Å². The highest BCUT2D eigenvalue weighted by molar-refractivity contribution is 7.99. The first-order valence-corrected chi connectivity index (χ1v) is 6.13. The van der Waals surface area contributed by atoms with Gasteiger partial charge in [0.05, 0.1) is 12.4 Å². The lowest BCUT2D eigenvalue weighted by atomic mass is 9.96. The highest BCUT2D eigenvalue weighted by atomic mass is 32.2. The van der Waals surface area contributed by atoms with Crippen LogP contribution in [0.15, 0.2) is 5.16 Å². The molecule has 1 rings (SSSR count). The molecule has 0 fully saturated rings. The number of nitrogens with zero attached hydrogens (tertiary/aromatic N) is 2. The van der Waals surface area contributed by atoms with Gasteiger partial charge in [-0.3, -0.25) is 9.89 Å². The van der Waals surface area contributed by atoms with Crippen molar-refractivity contribution in [1.29, 1.82) is 0 Å². The van der Waals surface area contributed by atoms with Crippen LogP contribution in [-0.4, -0.2) is 33.5 Å². The molecule has 0 aliphatic heterocycles. The van der Waals surface area contributed by atoms with Crippen molar-refractivity contribution in [3.05, 3.63) is 5.82 Å². The first-order valence-electron chi connectivity index (χ1n) is 5.14. The predicted molar refractivity (Wildman–Crippen MR) is 62.4 cm³/mol. The Morgan fingerprint density at radius 2 is 2.19 bits per heavy atom. The van der Waals surface area contributed by atoms with Crippen LogP contribution in [0.4, 0.5) is 0 Å². The third kappa shape index (κ3) is 3.84. The molecule has 0 bridgehead atoms. The van der Waals surface area contributed by atoms with Gasteiger partial charge in [0, 0.05) is 5.41 Å². The summed E-state index contributed by atoms with van der Waals surface area (Å²) < 4.78 is 4.81. The van der Waals surface area contributed by atoms with E-state index in [1.54, 1.807) is 6.92 Å². The fourth-order valence-electron chi connectivity index (χ4n) is 0.973. The largest absolute Gasteiger partial charge is 0.465 e. The number of esters is 1. The molecule has 0 saturated carbocycles. The van der Waals surface area contributed by atoms with Crippen molar-refractivity contribution in [3.8, 4) is 0 Å². The molecule has 0 radical (unpaired) electrons. The van der Waals surface area contributed by atoms with E-state index in [1.165, 1.54) is 11.8 Å². The van der Waals surface area contributed by atoms with Crippen LogP contribution in [0.5, 0.6) is 0 Å². The lowest BCUT2D eigenvalue weighted by Gasteiger charge is -2.12. The molecule has 6 heteroatoms. The number of rotatable bonds is 4. The molecule has 0 unspecified atom stereocenters. The average molecular weight is 243 g/mol. The van der Waals surface area contributed by atoms with Gasteiger partial charge >= 0.3 is 5.97 Å². The molecular weight excluding hydrogens is 226 g/mol. The van der Waals surface area contributed by atoms with E-state index in [0.717, 1.165) is 5.82 Å². The number of aromatic amines is 1. The average Bonchev–Trinajstić information content (AvgIpc) is 2.63. The lowest BCUT2D eigenvalue weighted by molar-refractivity contribution is -0.139. The van der Waals surface area contributed by atoms with Gasteiger partial charge < -0.3 is 4.74 Å². The smallest absolute Gasteiger partial charge is 0.316 e. The standard InChI is InChI=1S/C10H17N3O2S/c1-5-15-7(14)6-16-9-11-8(12-13-9)10(2,3)4/h5-6H2,1-4H3,(H,11,12,13). The van der Waals surface area contributed by atoms with Gasteiger partial charge in [-0.15, -0.1) is 5.10 Å². The maximum absolute atomic E-state index is 11.1. The van der Waals surface area contributed by atoms with Gasteiger partial charge in [0.15, 0.2) is 0 Å². The van der Waals surface area contributed by atoms with Gasteiger partial charge in [0.1, 0.15) is 5.82 Å². The van der Waals surface area contributed by atoms with Gasteiger partial charge in [-0.25, -0.2) is 4.98 Å². The summed E-state index contributed by atoms with van der Waals surface area (Å²) in [5.74, 6) is 0.823. The maximum Gasteiger partial charge on any atom is 0.316 e. The summed E-state index contributed by atoms with van der Waals surface area (Å²) >= 11 is 1.28. The van der Waals surface area contributed by atoms with Crippen LogP contribution in [0.2, 0.25) is 0 Å². The van der Waals surface area contributed by atoms with Crippen LogP contribution in [0.1, 0.15) is 33.5 Å². The fourth-order valence-corrected chi connectivity index (χ4v) is 1.57. The van der Waals surface area contributed by atoms with Crippen molar-refractivity contribution in [3.63, 3.8) is 0 Å². The first kappa shape index (κ1) is 13.0. The molecule has 0 atom stereocenters. The van der Waals surface area contributed by atoms with E-state index in [1.807, 2.05) is 20.8 Å². The molecular formula is C10H17N3O2S. The van der Waals surface area contributed by atoms with Gasteiger partial charge in [-0.1, -0.05) is 32.5 Å².